The van der Waals surface area contributed by atoms with E-state index in [1.807, 2.05) is 5.38 Å². The number of nitrogens with zero attached hydrogens (tertiary/aromatic N) is 1. The Hall–Kier alpha value is -2.21. The molecule has 2 aliphatic rings. The molecule has 0 atom stereocenters. The van der Waals surface area contributed by atoms with Crippen molar-refractivity contribution in [3.63, 3.8) is 0 Å². The zero-order valence-electron chi connectivity index (χ0n) is 12.5. The van der Waals surface area contributed by atoms with Crippen molar-refractivity contribution in [3.8, 4) is 0 Å². The van der Waals surface area contributed by atoms with Crippen LogP contribution in [-0.2, 0) is 4.79 Å². The van der Waals surface area contributed by atoms with Gasteiger partial charge in [0, 0.05) is 28.5 Å². The van der Waals surface area contributed by atoms with E-state index in [1.54, 1.807) is 24.3 Å². The monoisotopic (exact) mass is 327 g/mol. The van der Waals surface area contributed by atoms with Crippen LogP contribution < -0.4 is 10.6 Å². The smallest absolute Gasteiger partial charge is 0.257 e. The summed E-state index contributed by atoms with van der Waals surface area (Å²) in [6, 6.07) is 7.00. The second kappa shape index (κ2) is 5.77. The quantitative estimate of drug-likeness (QED) is 0.881. The number of nitrogens with one attached hydrogen (secondary N) is 2. The van der Waals surface area contributed by atoms with Crippen LogP contribution in [0.4, 0.5) is 10.8 Å². The number of hydrogen-bond donors (Lipinski definition) is 2. The van der Waals surface area contributed by atoms with Crippen molar-refractivity contribution in [2.45, 2.75) is 31.6 Å². The molecule has 1 aromatic carbocycles. The molecule has 2 amide bonds. The fourth-order valence-electron chi connectivity index (χ4n) is 2.41. The van der Waals surface area contributed by atoms with E-state index in [1.165, 1.54) is 24.2 Å². The zero-order chi connectivity index (χ0) is 15.8. The number of carbonyl (C=O) groups excluding carboxylic acids is 2. The Labute approximate surface area is 138 Å². The molecular weight excluding hydrogens is 310 g/mol. The third-order valence-corrected chi connectivity index (χ3v) is 4.85. The third-order valence-electron chi connectivity index (χ3n) is 4.08. The molecule has 2 aromatic rings. The lowest BCUT2D eigenvalue weighted by Crippen LogP contribution is -2.15. The van der Waals surface area contributed by atoms with E-state index in [-0.39, 0.29) is 17.7 Å². The molecule has 23 heavy (non-hydrogen) atoms. The van der Waals surface area contributed by atoms with Gasteiger partial charge in [0.25, 0.3) is 5.91 Å². The van der Waals surface area contributed by atoms with E-state index in [9.17, 15) is 9.59 Å². The fraction of sp³-hybridized carbons (Fsp3) is 0.353. The average molecular weight is 327 g/mol. The normalized spacial score (nSPS) is 16.9. The van der Waals surface area contributed by atoms with Gasteiger partial charge in [0.2, 0.25) is 5.91 Å². The van der Waals surface area contributed by atoms with Crippen molar-refractivity contribution in [2.75, 3.05) is 10.6 Å². The predicted octanol–water partition coefficient (Wildman–Crippen LogP) is 3.62. The van der Waals surface area contributed by atoms with E-state index in [4.69, 9.17) is 0 Å². The second-order valence-corrected chi connectivity index (χ2v) is 7.01. The van der Waals surface area contributed by atoms with Crippen LogP contribution in [0.3, 0.4) is 0 Å². The van der Waals surface area contributed by atoms with E-state index in [0.717, 1.165) is 18.5 Å². The van der Waals surface area contributed by atoms with Gasteiger partial charge in [0.1, 0.15) is 0 Å². The summed E-state index contributed by atoms with van der Waals surface area (Å²) in [5.41, 5.74) is 2.25. The number of anilines is 2. The molecule has 2 aliphatic carbocycles. The minimum Gasteiger partial charge on any atom is -0.326 e. The van der Waals surface area contributed by atoms with E-state index in [0.29, 0.717) is 22.3 Å². The largest absolute Gasteiger partial charge is 0.326 e. The van der Waals surface area contributed by atoms with E-state index >= 15 is 0 Å². The highest BCUT2D eigenvalue weighted by Gasteiger charge is 2.29. The Morgan fingerprint density at radius 1 is 1.13 bits per heavy atom. The molecule has 0 spiro atoms. The standard InChI is InChI=1S/C17H17N3O2S/c21-15(11-6-7-11)18-13-3-1-2-12(8-13)16(22)20-17-19-14(9-23-17)10-4-5-10/h1-3,8-11H,4-7H2,(H,18,21)(H,19,20,22). The molecule has 5 nitrogen and oxygen atoms in total. The third kappa shape index (κ3) is 3.42. The number of thiazole rings is 1. The summed E-state index contributed by atoms with van der Waals surface area (Å²) in [5.74, 6) is 0.558. The summed E-state index contributed by atoms with van der Waals surface area (Å²) in [6.45, 7) is 0. The minimum absolute atomic E-state index is 0.0385. The molecule has 0 radical (unpaired) electrons. The van der Waals surface area contributed by atoms with Crippen molar-refractivity contribution in [1.29, 1.82) is 0 Å². The molecule has 2 N–H and O–H groups in total. The zero-order valence-corrected chi connectivity index (χ0v) is 13.4. The van der Waals surface area contributed by atoms with Gasteiger partial charge in [0.15, 0.2) is 5.13 Å². The molecule has 4 rings (SSSR count). The number of aromatic nitrogens is 1. The average Bonchev–Trinajstić information content (AvgIpc) is 3.46. The van der Waals surface area contributed by atoms with Gasteiger partial charge in [0.05, 0.1) is 5.69 Å². The first-order chi connectivity index (χ1) is 11.2. The van der Waals surface area contributed by atoms with E-state index in [2.05, 4.69) is 15.6 Å². The topological polar surface area (TPSA) is 71.1 Å². The summed E-state index contributed by atoms with van der Waals surface area (Å²) in [4.78, 5) is 28.6. The number of carbonyl (C=O) groups is 2. The fourth-order valence-corrected chi connectivity index (χ4v) is 3.19. The molecule has 0 saturated heterocycles. The summed E-state index contributed by atoms with van der Waals surface area (Å²) in [7, 11) is 0. The molecule has 2 saturated carbocycles. The van der Waals surface area contributed by atoms with Crippen LogP contribution in [0.15, 0.2) is 29.6 Å². The lowest BCUT2D eigenvalue weighted by Gasteiger charge is -2.06. The maximum absolute atomic E-state index is 12.3. The number of hydrogen-bond acceptors (Lipinski definition) is 4. The predicted molar refractivity (Wildman–Crippen MR) is 89.8 cm³/mol. The van der Waals surface area contributed by atoms with Crippen molar-refractivity contribution < 1.29 is 9.59 Å². The van der Waals surface area contributed by atoms with Gasteiger partial charge in [-0.15, -0.1) is 11.3 Å². The highest BCUT2D eigenvalue weighted by Crippen LogP contribution is 2.40. The maximum Gasteiger partial charge on any atom is 0.257 e. The molecular formula is C17H17N3O2S. The number of amides is 2. The summed E-state index contributed by atoms with van der Waals surface area (Å²) < 4.78 is 0. The first-order valence-corrected chi connectivity index (χ1v) is 8.75. The molecule has 0 bridgehead atoms. The van der Waals surface area contributed by atoms with Crippen molar-refractivity contribution in [3.05, 3.63) is 40.9 Å². The van der Waals surface area contributed by atoms with Gasteiger partial charge in [-0.2, -0.15) is 0 Å². The van der Waals surface area contributed by atoms with Gasteiger partial charge in [-0.05, 0) is 43.9 Å². The van der Waals surface area contributed by atoms with Crippen molar-refractivity contribution >= 4 is 34.0 Å². The Balaban J connectivity index is 1.43. The summed E-state index contributed by atoms with van der Waals surface area (Å²) >= 11 is 1.46. The second-order valence-electron chi connectivity index (χ2n) is 6.15. The Kier molecular flexibility index (Phi) is 3.61. The Morgan fingerprint density at radius 2 is 1.96 bits per heavy atom. The highest BCUT2D eigenvalue weighted by atomic mass is 32.1. The molecule has 6 heteroatoms. The molecule has 1 aromatic heterocycles. The van der Waals surface area contributed by atoms with Crippen LogP contribution in [0.25, 0.3) is 0 Å². The van der Waals surface area contributed by atoms with Crippen LogP contribution in [0.1, 0.15) is 47.7 Å². The first kappa shape index (κ1) is 14.4. The van der Waals surface area contributed by atoms with Crippen molar-refractivity contribution in [1.82, 2.24) is 4.98 Å². The summed E-state index contributed by atoms with van der Waals surface area (Å²) in [6.07, 6.45) is 4.30. The van der Waals surface area contributed by atoms with Crippen LogP contribution >= 0.6 is 11.3 Å². The Morgan fingerprint density at radius 3 is 2.70 bits per heavy atom. The lowest BCUT2D eigenvalue weighted by atomic mass is 10.2. The minimum atomic E-state index is -0.204. The molecule has 0 unspecified atom stereocenters. The first-order valence-electron chi connectivity index (χ1n) is 7.87. The van der Waals surface area contributed by atoms with Crippen LogP contribution in [-0.4, -0.2) is 16.8 Å². The molecule has 0 aliphatic heterocycles. The van der Waals surface area contributed by atoms with Crippen molar-refractivity contribution in [2.24, 2.45) is 5.92 Å². The highest BCUT2D eigenvalue weighted by molar-refractivity contribution is 7.14. The van der Waals surface area contributed by atoms with Gasteiger partial charge in [-0.3, -0.25) is 14.9 Å². The van der Waals surface area contributed by atoms with Gasteiger partial charge >= 0.3 is 0 Å². The van der Waals surface area contributed by atoms with Gasteiger partial charge in [-0.25, -0.2) is 4.98 Å². The lowest BCUT2D eigenvalue weighted by molar-refractivity contribution is -0.117. The molecule has 1 heterocycles. The van der Waals surface area contributed by atoms with Gasteiger partial charge < -0.3 is 5.32 Å². The molecule has 118 valence electrons. The SMILES string of the molecule is O=C(Nc1nc(C2CC2)cs1)c1cccc(NC(=O)C2CC2)c1. The van der Waals surface area contributed by atoms with E-state index < -0.39 is 0 Å². The maximum atomic E-state index is 12.3. The Bertz CT molecular complexity index is 763. The van der Waals surface area contributed by atoms with Crippen LogP contribution in [0, 0.1) is 5.92 Å². The number of rotatable bonds is 5. The number of benzene rings is 1. The van der Waals surface area contributed by atoms with Crippen LogP contribution in [0.5, 0.6) is 0 Å². The van der Waals surface area contributed by atoms with Crippen LogP contribution in [0.2, 0.25) is 0 Å². The summed E-state index contributed by atoms with van der Waals surface area (Å²) in [5, 5.41) is 8.33. The van der Waals surface area contributed by atoms with Gasteiger partial charge in [-0.1, -0.05) is 6.07 Å². The molecule has 2 fully saturated rings.